The van der Waals surface area contributed by atoms with Gasteiger partial charge in [0.15, 0.2) is 17.3 Å². The number of carbonyl (C=O) groups is 1. The topological polar surface area (TPSA) is 81.5 Å². The fourth-order valence-corrected chi connectivity index (χ4v) is 3.22. The van der Waals surface area contributed by atoms with Crippen LogP contribution in [0.3, 0.4) is 0 Å². The van der Waals surface area contributed by atoms with Crippen LogP contribution >= 0.6 is 11.3 Å². The number of rotatable bonds is 6. The maximum Gasteiger partial charge on any atom is 0.266 e. The standard InChI is InChI=1S/C19H17NO5S/c1-3-24-16-9-12(6-7-15(16)23-2)10-17-19(22)20-18(26-17)11-13(21)14-5-4-8-25-14/h4-11H,3H2,1-2H3,(H,20,22). The zero-order valence-electron chi connectivity index (χ0n) is 14.3. The normalized spacial score (nSPS) is 12.4. The predicted octanol–water partition coefficient (Wildman–Crippen LogP) is 1.93. The Bertz CT molecular complexity index is 1080. The Labute approximate surface area is 153 Å². The Balaban J connectivity index is 1.98. The van der Waals surface area contributed by atoms with Crippen LogP contribution in [0.4, 0.5) is 0 Å². The molecule has 0 spiro atoms. The summed E-state index contributed by atoms with van der Waals surface area (Å²) in [5.41, 5.74) is 0.535. The minimum absolute atomic E-state index is 0.223. The van der Waals surface area contributed by atoms with Crippen LogP contribution in [0.1, 0.15) is 23.0 Å². The molecule has 0 saturated carbocycles. The Hall–Kier alpha value is -3.06. The zero-order chi connectivity index (χ0) is 18.5. The summed E-state index contributed by atoms with van der Waals surface area (Å²) in [4.78, 5) is 26.9. The molecule has 0 unspecified atom stereocenters. The Morgan fingerprint density at radius 2 is 2.15 bits per heavy atom. The minimum atomic E-state index is -0.304. The van der Waals surface area contributed by atoms with Gasteiger partial charge in [0, 0.05) is 6.08 Å². The Morgan fingerprint density at radius 3 is 2.85 bits per heavy atom. The first-order chi connectivity index (χ1) is 12.6. The summed E-state index contributed by atoms with van der Waals surface area (Å²) in [6.07, 6.45) is 4.51. The fraction of sp³-hybridized carbons (Fsp3) is 0.158. The number of aromatic nitrogens is 1. The maximum absolute atomic E-state index is 12.2. The van der Waals surface area contributed by atoms with Crippen molar-refractivity contribution in [1.29, 1.82) is 0 Å². The summed E-state index contributed by atoms with van der Waals surface area (Å²) in [6, 6.07) is 8.63. The molecule has 3 aromatic rings. The first kappa shape index (κ1) is 17.8. The van der Waals surface area contributed by atoms with E-state index in [0.29, 0.717) is 27.3 Å². The second-order valence-corrected chi connectivity index (χ2v) is 6.34. The van der Waals surface area contributed by atoms with Gasteiger partial charge in [-0.15, -0.1) is 11.3 Å². The van der Waals surface area contributed by atoms with E-state index in [0.717, 1.165) is 5.56 Å². The van der Waals surface area contributed by atoms with E-state index >= 15 is 0 Å². The number of ether oxygens (including phenoxy) is 2. The molecule has 134 valence electrons. The summed E-state index contributed by atoms with van der Waals surface area (Å²) in [5, 5.41) is 0. The summed E-state index contributed by atoms with van der Waals surface area (Å²) in [6.45, 7) is 2.39. The predicted molar refractivity (Wildman–Crippen MR) is 99.4 cm³/mol. The van der Waals surface area contributed by atoms with E-state index in [1.807, 2.05) is 13.0 Å². The molecule has 0 aliphatic rings. The molecule has 0 amide bonds. The average Bonchev–Trinajstić information content (AvgIpc) is 3.26. The highest BCUT2D eigenvalue weighted by Gasteiger charge is 2.07. The van der Waals surface area contributed by atoms with Crippen molar-refractivity contribution in [2.45, 2.75) is 6.92 Å². The van der Waals surface area contributed by atoms with Crippen LogP contribution in [-0.4, -0.2) is 24.5 Å². The molecule has 0 atom stereocenters. The van der Waals surface area contributed by atoms with Crippen molar-refractivity contribution in [2.24, 2.45) is 0 Å². The van der Waals surface area contributed by atoms with E-state index in [4.69, 9.17) is 13.9 Å². The molecule has 6 nitrogen and oxygen atoms in total. The molecule has 0 aliphatic carbocycles. The van der Waals surface area contributed by atoms with Crippen LogP contribution in [0.5, 0.6) is 11.5 Å². The average molecular weight is 371 g/mol. The summed E-state index contributed by atoms with van der Waals surface area (Å²) < 4.78 is 16.8. The molecular formula is C19H17NO5S. The number of H-pyrrole nitrogens is 1. The van der Waals surface area contributed by atoms with Gasteiger partial charge in [-0.05, 0) is 42.8 Å². The first-order valence-corrected chi connectivity index (χ1v) is 8.73. The van der Waals surface area contributed by atoms with E-state index in [1.54, 1.807) is 37.5 Å². The fourth-order valence-electron chi connectivity index (χ4n) is 2.34. The number of hydrogen-bond acceptors (Lipinski definition) is 6. The molecule has 1 N–H and O–H groups in total. The van der Waals surface area contributed by atoms with Crippen LogP contribution in [0.25, 0.3) is 12.2 Å². The van der Waals surface area contributed by atoms with Crippen molar-refractivity contribution in [1.82, 2.24) is 4.98 Å². The van der Waals surface area contributed by atoms with Gasteiger partial charge in [-0.3, -0.25) is 9.59 Å². The summed E-state index contributed by atoms with van der Waals surface area (Å²) >= 11 is 1.20. The molecule has 0 bridgehead atoms. The van der Waals surface area contributed by atoms with Crippen LogP contribution in [0.15, 0.2) is 45.8 Å². The lowest BCUT2D eigenvalue weighted by molar-refractivity contribution is 0.103. The lowest BCUT2D eigenvalue weighted by Gasteiger charge is -2.09. The van der Waals surface area contributed by atoms with E-state index in [9.17, 15) is 9.59 Å². The number of furan rings is 1. The van der Waals surface area contributed by atoms with Crippen molar-refractivity contribution in [3.63, 3.8) is 0 Å². The Kier molecular flexibility index (Phi) is 5.38. The van der Waals surface area contributed by atoms with Crippen LogP contribution in [-0.2, 0) is 0 Å². The molecule has 1 aromatic carbocycles. The van der Waals surface area contributed by atoms with Crippen LogP contribution in [0, 0.1) is 0 Å². The first-order valence-electron chi connectivity index (χ1n) is 7.92. The number of nitrogens with one attached hydrogen (secondary N) is 1. The van der Waals surface area contributed by atoms with Crippen LogP contribution < -0.4 is 24.2 Å². The Morgan fingerprint density at radius 1 is 1.31 bits per heavy atom. The van der Waals surface area contributed by atoms with Crippen molar-refractivity contribution >= 4 is 29.3 Å². The lowest BCUT2D eigenvalue weighted by atomic mass is 10.2. The zero-order valence-corrected chi connectivity index (χ0v) is 15.1. The second kappa shape index (κ2) is 7.88. The number of benzene rings is 1. The van der Waals surface area contributed by atoms with Gasteiger partial charge in [-0.25, -0.2) is 0 Å². The third kappa shape index (κ3) is 3.94. The van der Waals surface area contributed by atoms with E-state index in [2.05, 4.69) is 4.98 Å². The number of Topliss-reactive ketones (excluding diaryl/α,β-unsaturated/α-hetero) is 1. The molecule has 26 heavy (non-hydrogen) atoms. The van der Waals surface area contributed by atoms with E-state index in [1.165, 1.54) is 23.7 Å². The van der Waals surface area contributed by atoms with Crippen molar-refractivity contribution < 1.29 is 18.7 Å². The van der Waals surface area contributed by atoms with Crippen molar-refractivity contribution in [3.05, 3.63) is 67.5 Å². The molecule has 7 heteroatoms. The molecule has 0 aliphatic heterocycles. The third-order valence-electron chi connectivity index (χ3n) is 3.49. The van der Waals surface area contributed by atoms with Gasteiger partial charge >= 0.3 is 0 Å². The molecule has 2 aromatic heterocycles. The minimum Gasteiger partial charge on any atom is -0.493 e. The largest absolute Gasteiger partial charge is 0.493 e. The van der Waals surface area contributed by atoms with Gasteiger partial charge in [0.1, 0.15) is 0 Å². The highest BCUT2D eigenvalue weighted by atomic mass is 32.1. The summed E-state index contributed by atoms with van der Waals surface area (Å²) in [7, 11) is 1.57. The number of methoxy groups -OCH3 is 1. The number of hydrogen-bond donors (Lipinski definition) is 1. The molecule has 0 saturated heterocycles. The molecule has 3 rings (SSSR count). The quantitative estimate of drug-likeness (QED) is 0.670. The van der Waals surface area contributed by atoms with E-state index < -0.39 is 0 Å². The number of aromatic amines is 1. The highest BCUT2D eigenvalue weighted by molar-refractivity contribution is 7.07. The van der Waals surface area contributed by atoms with Gasteiger partial charge < -0.3 is 18.9 Å². The van der Waals surface area contributed by atoms with Crippen molar-refractivity contribution in [2.75, 3.05) is 13.7 Å². The second-order valence-electron chi connectivity index (χ2n) is 5.26. The monoisotopic (exact) mass is 371 g/mol. The maximum atomic E-state index is 12.2. The van der Waals surface area contributed by atoms with Gasteiger partial charge in [0.2, 0.25) is 5.78 Å². The molecule has 2 heterocycles. The number of carbonyl (C=O) groups excluding carboxylic acids is 1. The third-order valence-corrected chi connectivity index (χ3v) is 4.45. The van der Waals surface area contributed by atoms with E-state index in [-0.39, 0.29) is 17.1 Å². The number of thiazole rings is 1. The number of ketones is 1. The highest BCUT2D eigenvalue weighted by Crippen LogP contribution is 2.28. The van der Waals surface area contributed by atoms with Gasteiger partial charge in [0.05, 0.1) is 29.2 Å². The SMILES string of the molecule is CCOc1cc(C=c2sc(=CC(=O)c3ccco3)[nH]c2=O)ccc1OC. The molecule has 0 fully saturated rings. The lowest BCUT2D eigenvalue weighted by Crippen LogP contribution is -2.20. The van der Waals surface area contributed by atoms with Gasteiger partial charge in [-0.2, -0.15) is 0 Å². The van der Waals surface area contributed by atoms with Gasteiger partial charge in [0.25, 0.3) is 5.56 Å². The molecular weight excluding hydrogens is 354 g/mol. The van der Waals surface area contributed by atoms with Crippen molar-refractivity contribution in [3.8, 4) is 11.5 Å². The summed E-state index contributed by atoms with van der Waals surface area (Å²) in [5.74, 6) is 1.15. The smallest absolute Gasteiger partial charge is 0.266 e. The van der Waals surface area contributed by atoms with Crippen LogP contribution in [0.2, 0.25) is 0 Å². The molecule has 0 radical (unpaired) electrons. The van der Waals surface area contributed by atoms with Gasteiger partial charge in [-0.1, -0.05) is 6.07 Å².